The highest BCUT2D eigenvalue weighted by Crippen LogP contribution is 2.30. The smallest absolute Gasteiger partial charge is 0.266 e. The number of fused-ring (bicyclic) bond motifs is 1. The van der Waals surface area contributed by atoms with Crippen LogP contribution in [-0.2, 0) is 0 Å². The van der Waals surface area contributed by atoms with Gasteiger partial charge in [-0.3, -0.25) is 9.59 Å². The molecule has 1 saturated carbocycles. The molecule has 0 saturated heterocycles. The summed E-state index contributed by atoms with van der Waals surface area (Å²) in [7, 11) is 0. The normalized spacial score (nSPS) is 22.4. The Labute approximate surface area is 153 Å². The molecule has 2 aliphatic rings. The first-order valence-electron chi connectivity index (χ1n) is 9.21. The van der Waals surface area contributed by atoms with Crippen LogP contribution in [0.1, 0.15) is 46.4 Å². The number of carbonyl (C=O) groups is 2. The fourth-order valence-corrected chi connectivity index (χ4v) is 3.82. The van der Waals surface area contributed by atoms with E-state index in [9.17, 15) is 9.59 Å². The number of nitrogens with two attached hydrogens (primary N) is 1. The number of carbonyl (C=O) groups excluding carboxylic acids is 2. The molecule has 26 heavy (non-hydrogen) atoms. The van der Waals surface area contributed by atoms with Crippen molar-refractivity contribution in [3.05, 3.63) is 59.7 Å². The first kappa shape index (κ1) is 16.8. The number of benzene rings is 2. The van der Waals surface area contributed by atoms with Crippen molar-refractivity contribution in [3.63, 3.8) is 0 Å². The van der Waals surface area contributed by atoms with E-state index in [4.69, 9.17) is 5.73 Å². The number of rotatable bonds is 4. The number of hydrogen-bond donors (Lipinski definition) is 2. The average molecular weight is 349 g/mol. The van der Waals surface area contributed by atoms with Crippen LogP contribution in [0.3, 0.4) is 0 Å². The van der Waals surface area contributed by atoms with Gasteiger partial charge >= 0.3 is 0 Å². The van der Waals surface area contributed by atoms with Crippen molar-refractivity contribution in [2.75, 3.05) is 16.8 Å². The van der Waals surface area contributed by atoms with E-state index in [1.54, 1.807) is 24.3 Å². The third-order valence-corrected chi connectivity index (χ3v) is 5.39. The van der Waals surface area contributed by atoms with E-state index in [2.05, 4.69) is 5.32 Å². The first-order chi connectivity index (χ1) is 12.6. The van der Waals surface area contributed by atoms with E-state index in [0.29, 0.717) is 28.8 Å². The van der Waals surface area contributed by atoms with Gasteiger partial charge in [-0.1, -0.05) is 18.2 Å². The van der Waals surface area contributed by atoms with Gasteiger partial charge in [-0.15, -0.1) is 0 Å². The lowest BCUT2D eigenvalue weighted by molar-refractivity contribution is 0.0926. The van der Waals surface area contributed by atoms with Crippen molar-refractivity contribution in [3.8, 4) is 0 Å². The van der Waals surface area contributed by atoms with E-state index in [0.717, 1.165) is 37.9 Å². The molecule has 0 radical (unpaired) electrons. The second kappa shape index (κ2) is 6.92. The molecule has 1 aliphatic carbocycles. The maximum atomic E-state index is 12.8. The number of para-hydroxylation sites is 1. The van der Waals surface area contributed by atoms with Crippen molar-refractivity contribution in [2.45, 2.75) is 31.7 Å². The van der Waals surface area contributed by atoms with E-state index in [1.807, 2.05) is 24.3 Å². The molecule has 0 unspecified atom stereocenters. The van der Waals surface area contributed by atoms with Gasteiger partial charge in [0.15, 0.2) is 0 Å². The van der Waals surface area contributed by atoms with Gasteiger partial charge in [-0.2, -0.15) is 0 Å². The molecule has 5 heteroatoms. The summed E-state index contributed by atoms with van der Waals surface area (Å²) in [6, 6.07) is 14.8. The van der Waals surface area contributed by atoms with Crippen LogP contribution in [0.5, 0.6) is 0 Å². The van der Waals surface area contributed by atoms with Crippen LogP contribution in [0, 0.1) is 5.92 Å². The van der Waals surface area contributed by atoms with E-state index >= 15 is 0 Å². The minimum Gasteiger partial charge on any atom is -0.385 e. The van der Waals surface area contributed by atoms with Crippen molar-refractivity contribution in [1.82, 2.24) is 0 Å². The molecule has 2 amide bonds. The van der Waals surface area contributed by atoms with Gasteiger partial charge in [0.05, 0.1) is 16.8 Å². The van der Waals surface area contributed by atoms with Crippen LogP contribution in [0.25, 0.3) is 0 Å². The lowest BCUT2D eigenvalue weighted by Gasteiger charge is -2.26. The van der Waals surface area contributed by atoms with Crippen LogP contribution < -0.4 is 16.0 Å². The number of imide groups is 1. The molecule has 1 heterocycles. The Kier molecular flexibility index (Phi) is 4.47. The lowest BCUT2D eigenvalue weighted by atomic mass is 9.86. The number of amides is 2. The lowest BCUT2D eigenvalue weighted by Crippen LogP contribution is -2.29. The van der Waals surface area contributed by atoms with Gasteiger partial charge in [0.2, 0.25) is 0 Å². The van der Waals surface area contributed by atoms with Crippen molar-refractivity contribution >= 4 is 23.2 Å². The van der Waals surface area contributed by atoms with Crippen LogP contribution in [0.4, 0.5) is 11.4 Å². The Balaban J connectivity index is 1.49. The van der Waals surface area contributed by atoms with Gasteiger partial charge in [-0.05, 0) is 61.9 Å². The maximum absolute atomic E-state index is 12.8. The molecular formula is C21H23N3O2. The zero-order valence-electron chi connectivity index (χ0n) is 14.7. The monoisotopic (exact) mass is 349 g/mol. The van der Waals surface area contributed by atoms with Crippen LogP contribution in [-0.4, -0.2) is 24.4 Å². The highest BCUT2D eigenvalue weighted by molar-refractivity contribution is 6.34. The quantitative estimate of drug-likeness (QED) is 0.830. The molecular weight excluding hydrogens is 326 g/mol. The predicted octanol–water partition coefficient (Wildman–Crippen LogP) is 3.42. The summed E-state index contributed by atoms with van der Waals surface area (Å²) in [4.78, 5) is 26.6. The number of anilines is 2. The van der Waals surface area contributed by atoms with Crippen LogP contribution >= 0.6 is 0 Å². The number of nitrogens with one attached hydrogen (secondary N) is 1. The van der Waals surface area contributed by atoms with Crippen LogP contribution in [0.15, 0.2) is 48.5 Å². The molecule has 0 aromatic heterocycles. The topological polar surface area (TPSA) is 75.4 Å². The van der Waals surface area contributed by atoms with E-state index in [1.165, 1.54) is 4.90 Å². The molecule has 5 nitrogen and oxygen atoms in total. The Bertz CT molecular complexity index is 826. The molecule has 4 rings (SSSR count). The minimum atomic E-state index is -0.261. The molecule has 2 aromatic rings. The standard InChI is InChI=1S/C21H23N3O2/c22-15-8-6-14(7-9-15)13-23-16-10-11-18-19(12-16)21(26)24(20(18)25)17-4-2-1-3-5-17/h1-5,10-12,14-15,23H,6-9,13,22H2/t14-,15-. The summed E-state index contributed by atoms with van der Waals surface area (Å²) < 4.78 is 0. The molecule has 0 spiro atoms. The van der Waals surface area contributed by atoms with Crippen molar-refractivity contribution < 1.29 is 9.59 Å². The molecule has 3 N–H and O–H groups in total. The predicted molar refractivity (Wildman–Crippen MR) is 102 cm³/mol. The molecule has 2 aromatic carbocycles. The maximum Gasteiger partial charge on any atom is 0.266 e. The third-order valence-electron chi connectivity index (χ3n) is 5.39. The van der Waals surface area contributed by atoms with Gasteiger partial charge in [0, 0.05) is 18.3 Å². The van der Waals surface area contributed by atoms with Crippen molar-refractivity contribution in [2.24, 2.45) is 11.7 Å². The van der Waals surface area contributed by atoms with E-state index in [-0.39, 0.29) is 11.8 Å². The Hall–Kier alpha value is -2.66. The fraction of sp³-hybridized carbons (Fsp3) is 0.333. The first-order valence-corrected chi connectivity index (χ1v) is 9.21. The van der Waals surface area contributed by atoms with Gasteiger partial charge in [0.1, 0.15) is 0 Å². The zero-order valence-corrected chi connectivity index (χ0v) is 14.7. The minimum absolute atomic E-state index is 0.260. The largest absolute Gasteiger partial charge is 0.385 e. The Morgan fingerprint density at radius 3 is 2.35 bits per heavy atom. The highest BCUT2D eigenvalue weighted by atomic mass is 16.2. The SMILES string of the molecule is N[C@H]1CC[C@H](CNc2ccc3c(c2)C(=O)N(c2ccccc2)C3=O)CC1. The molecule has 1 aliphatic heterocycles. The second-order valence-corrected chi connectivity index (χ2v) is 7.20. The highest BCUT2D eigenvalue weighted by Gasteiger charge is 2.36. The molecule has 0 atom stereocenters. The summed E-state index contributed by atoms with van der Waals surface area (Å²) in [6.45, 7) is 0.871. The third kappa shape index (κ3) is 3.10. The van der Waals surface area contributed by atoms with Gasteiger partial charge in [0.25, 0.3) is 11.8 Å². The summed E-state index contributed by atoms with van der Waals surface area (Å²) in [5.41, 5.74) is 8.38. The zero-order chi connectivity index (χ0) is 18.1. The molecule has 0 bridgehead atoms. The summed E-state index contributed by atoms with van der Waals surface area (Å²) in [5, 5.41) is 3.43. The fourth-order valence-electron chi connectivity index (χ4n) is 3.82. The molecule has 134 valence electrons. The summed E-state index contributed by atoms with van der Waals surface area (Å²) in [5.74, 6) is 0.0914. The van der Waals surface area contributed by atoms with Crippen LogP contribution in [0.2, 0.25) is 0 Å². The van der Waals surface area contributed by atoms with Crippen molar-refractivity contribution in [1.29, 1.82) is 0 Å². The van der Waals surface area contributed by atoms with Gasteiger partial charge in [-0.25, -0.2) is 4.90 Å². The number of hydrogen-bond acceptors (Lipinski definition) is 4. The Morgan fingerprint density at radius 2 is 1.62 bits per heavy atom. The number of nitrogens with zero attached hydrogens (tertiary/aromatic N) is 1. The second-order valence-electron chi connectivity index (χ2n) is 7.20. The molecule has 1 fully saturated rings. The summed E-state index contributed by atoms with van der Waals surface area (Å²) >= 11 is 0. The Morgan fingerprint density at radius 1 is 0.923 bits per heavy atom. The van der Waals surface area contributed by atoms with E-state index < -0.39 is 0 Å². The average Bonchev–Trinajstić information content (AvgIpc) is 2.92. The summed E-state index contributed by atoms with van der Waals surface area (Å²) in [6.07, 6.45) is 4.43. The van der Waals surface area contributed by atoms with Gasteiger partial charge < -0.3 is 11.1 Å².